The molecule has 0 spiro atoms. The zero-order valence-electron chi connectivity index (χ0n) is 18.6. The van der Waals surface area contributed by atoms with Gasteiger partial charge in [-0.05, 0) is 43.2 Å². The first-order chi connectivity index (χ1) is 14.9. The van der Waals surface area contributed by atoms with E-state index >= 15 is 0 Å². The zero-order valence-corrected chi connectivity index (χ0v) is 18.6. The lowest BCUT2D eigenvalue weighted by Gasteiger charge is -2.22. The number of hydrogen-bond donors (Lipinski definition) is 3. The number of nitrogens with one attached hydrogen (secondary N) is 3. The van der Waals surface area contributed by atoms with Crippen LogP contribution in [0.3, 0.4) is 0 Å². The van der Waals surface area contributed by atoms with Crippen LogP contribution >= 0.6 is 0 Å². The molecule has 3 N–H and O–H groups in total. The second-order valence-corrected chi connectivity index (χ2v) is 8.01. The molecule has 0 radical (unpaired) electrons. The summed E-state index contributed by atoms with van der Waals surface area (Å²) in [7, 11) is 0. The molecule has 0 aliphatic carbocycles. The molecule has 2 unspecified atom stereocenters. The highest BCUT2D eigenvalue weighted by Gasteiger charge is 2.25. The summed E-state index contributed by atoms with van der Waals surface area (Å²) in [6, 6.07) is 14.7. The van der Waals surface area contributed by atoms with Gasteiger partial charge in [-0.3, -0.25) is 9.59 Å². The fourth-order valence-corrected chi connectivity index (χ4v) is 3.48. The van der Waals surface area contributed by atoms with Crippen LogP contribution in [0.25, 0.3) is 10.9 Å². The van der Waals surface area contributed by atoms with Crippen LogP contribution in [0.15, 0.2) is 54.7 Å². The van der Waals surface area contributed by atoms with Crippen LogP contribution in [0.2, 0.25) is 0 Å². The normalized spacial score (nSPS) is 13.1. The van der Waals surface area contributed by atoms with E-state index in [9.17, 15) is 9.59 Å². The summed E-state index contributed by atoms with van der Waals surface area (Å²) in [5.74, 6) is 0.238. The van der Waals surface area contributed by atoms with Gasteiger partial charge in [0.25, 0.3) is 0 Å². The van der Waals surface area contributed by atoms with E-state index in [4.69, 9.17) is 4.74 Å². The van der Waals surface area contributed by atoms with Crippen molar-refractivity contribution >= 4 is 22.7 Å². The second-order valence-electron chi connectivity index (χ2n) is 8.01. The average molecular weight is 422 g/mol. The van der Waals surface area contributed by atoms with Gasteiger partial charge in [0, 0.05) is 29.4 Å². The Morgan fingerprint density at radius 3 is 2.35 bits per heavy atom. The molecule has 0 bridgehead atoms. The molecular formula is C25H31N3O3. The Hall–Kier alpha value is -3.28. The van der Waals surface area contributed by atoms with E-state index < -0.39 is 6.04 Å². The molecule has 1 aromatic heterocycles. The monoisotopic (exact) mass is 421 g/mol. The maximum Gasteiger partial charge on any atom is 0.243 e. The molecule has 3 aromatic rings. The van der Waals surface area contributed by atoms with Gasteiger partial charge in [-0.2, -0.15) is 0 Å². The van der Waals surface area contributed by atoms with Gasteiger partial charge in [0.1, 0.15) is 11.8 Å². The van der Waals surface area contributed by atoms with Crippen LogP contribution in [0.1, 0.15) is 44.9 Å². The van der Waals surface area contributed by atoms with E-state index in [1.165, 1.54) is 0 Å². The molecule has 3 rings (SSSR count). The van der Waals surface area contributed by atoms with Crippen LogP contribution < -0.4 is 15.4 Å². The van der Waals surface area contributed by atoms with Crippen molar-refractivity contribution in [1.82, 2.24) is 15.6 Å². The van der Waals surface area contributed by atoms with Gasteiger partial charge in [-0.1, -0.05) is 44.2 Å². The van der Waals surface area contributed by atoms with E-state index in [1.54, 1.807) is 0 Å². The standard InChI is InChI=1S/C25H31N3O3/c1-5-31-20-12-10-18(11-13-20)17(4)27-25(30)23(28-24(29)16(2)3)14-19-15-26-22-9-7-6-8-21(19)22/h6-13,15-17,23,26H,5,14H2,1-4H3,(H,27,30)(H,28,29). The van der Waals surface area contributed by atoms with Crippen molar-refractivity contribution in [2.24, 2.45) is 5.92 Å². The van der Waals surface area contributed by atoms with E-state index in [2.05, 4.69) is 15.6 Å². The van der Waals surface area contributed by atoms with Crippen molar-refractivity contribution in [2.45, 2.75) is 46.2 Å². The fraction of sp³-hybridized carbons (Fsp3) is 0.360. The maximum atomic E-state index is 13.2. The largest absolute Gasteiger partial charge is 0.494 e. The Balaban J connectivity index is 1.76. The van der Waals surface area contributed by atoms with E-state index in [0.717, 1.165) is 27.8 Å². The smallest absolute Gasteiger partial charge is 0.243 e. The molecule has 0 aliphatic rings. The molecule has 2 atom stereocenters. The number of rotatable bonds is 9. The lowest BCUT2D eigenvalue weighted by molar-refractivity contribution is -0.130. The summed E-state index contributed by atoms with van der Waals surface area (Å²) in [6.07, 6.45) is 2.31. The molecule has 2 amide bonds. The summed E-state index contributed by atoms with van der Waals surface area (Å²) in [5, 5.41) is 7.02. The lowest BCUT2D eigenvalue weighted by Crippen LogP contribution is -2.49. The minimum Gasteiger partial charge on any atom is -0.494 e. The molecule has 0 saturated carbocycles. The van der Waals surface area contributed by atoms with E-state index in [-0.39, 0.29) is 23.8 Å². The molecule has 164 valence electrons. The fourth-order valence-electron chi connectivity index (χ4n) is 3.48. The molecule has 1 heterocycles. The van der Waals surface area contributed by atoms with Gasteiger partial charge < -0.3 is 20.4 Å². The lowest BCUT2D eigenvalue weighted by atomic mass is 10.0. The number of aromatic amines is 1. The summed E-state index contributed by atoms with van der Waals surface area (Å²) in [5.41, 5.74) is 2.97. The molecule has 0 saturated heterocycles. The molecule has 6 nitrogen and oxygen atoms in total. The number of aromatic nitrogens is 1. The van der Waals surface area contributed by atoms with Crippen LogP contribution in [-0.4, -0.2) is 29.4 Å². The molecule has 0 aliphatic heterocycles. The number of para-hydroxylation sites is 1. The van der Waals surface area contributed by atoms with Crippen LogP contribution in [0.4, 0.5) is 0 Å². The zero-order chi connectivity index (χ0) is 22.4. The predicted octanol–water partition coefficient (Wildman–Crippen LogP) is 4.13. The summed E-state index contributed by atoms with van der Waals surface area (Å²) in [4.78, 5) is 28.8. The van der Waals surface area contributed by atoms with Crippen molar-refractivity contribution in [3.8, 4) is 5.75 Å². The third-order valence-corrected chi connectivity index (χ3v) is 5.31. The van der Waals surface area contributed by atoms with Crippen molar-refractivity contribution in [3.63, 3.8) is 0 Å². The molecule has 31 heavy (non-hydrogen) atoms. The average Bonchev–Trinajstić information content (AvgIpc) is 3.16. The molecule has 0 fully saturated rings. The van der Waals surface area contributed by atoms with E-state index in [0.29, 0.717) is 13.0 Å². The van der Waals surface area contributed by atoms with Crippen molar-refractivity contribution in [1.29, 1.82) is 0 Å². The Morgan fingerprint density at radius 1 is 0.968 bits per heavy atom. The highest BCUT2D eigenvalue weighted by molar-refractivity contribution is 5.90. The Bertz CT molecular complexity index is 1020. The topological polar surface area (TPSA) is 83.2 Å². The Morgan fingerprint density at radius 2 is 1.68 bits per heavy atom. The predicted molar refractivity (Wildman–Crippen MR) is 123 cm³/mol. The highest BCUT2D eigenvalue weighted by atomic mass is 16.5. The first-order valence-corrected chi connectivity index (χ1v) is 10.8. The molecule has 6 heteroatoms. The molecule has 2 aromatic carbocycles. The number of H-pyrrole nitrogens is 1. The SMILES string of the molecule is CCOc1ccc(C(C)NC(=O)C(Cc2c[nH]c3ccccc23)NC(=O)C(C)C)cc1. The minimum atomic E-state index is -0.667. The number of carbonyl (C=O) groups excluding carboxylic acids is 2. The first kappa shape index (κ1) is 22.4. The quantitative estimate of drug-likeness (QED) is 0.486. The van der Waals surface area contributed by atoms with Gasteiger partial charge in [0.15, 0.2) is 0 Å². The Labute approximate surface area is 183 Å². The van der Waals surface area contributed by atoms with Gasteiger partial charge in [0.05, 0.1) is 12.6 Å². The number of amides is 2. The number of fused-ring (bicyclic) bond motifs is 1. The first-order valence-electron chi connectivity index (χ1n) is 10.8. The van der Waals surface area contributed by atoms with Crippen molar-refractivity contribution < 1.29 is 14.3 Å². The maximum absolute atomic E-state index is 13.2. The van der Waals surface area contributed by atoms with Gasteiger partial charge in [0.2, 0.25) is 11.8 Å². The number of carbonyl (C=O) groups is 2. The number of benzene rings is 2. The summed E-state index contributed by atoms with van der Waals surface area (Å²) < 4.78 is 5.48. The number of ether oxygens (including phenoxy) is 1. The van der Waals surface area contributed by atoms with Gasteiger partial charge >= 0.3 is 0 Å². The summed E-state index contributed by atoms with van der Waals surface area (Å²) >= 11 is 0. The highest BCUT2D eigenvalue weighted by Crippen LogP contribution is 2.21. The second kappa shape index (κ2) is 10.2. The molecular weight excluding hydrogens is 390 g/mol. The van der Waals surface area contributed by atoms with Gasteiger partial charge in [-0.15, -0.1) is 0 Å². The number of hydrogen-bond acceptors (Lipinski definition) is 3. The van der Waals surface area contributed by atoms with Crippen LogP contribution in [-0.2, 0) is 16.0 Å². The summed E-state index contributed by atoms with van der Waals surface area (Å²) in [6.45, 7) is 8.12. The van der Waals surface area contributed by atoms with Crippen LogP contribution in [0, 0.1) is 5.92 Å². The Kier molecular flexibility index (Phi) is 7.34. The van der Waals surface area contributed by atoms with Crippen LogP contribution in [0.5, 0.6) is 5.75 Å². The third-order valence-electron chi connectivity index (χ3n) is 5.31. The van der Waals surface area contributed by atoms with Crippen molar-refractivity contribution in [3.05, 3.63) is 65.9 Å². The minimum absolute atomic E-state index is 0.145. The van der Waals surface area contributed by atoms with Gasteiger partial charge in [-0.25, -0.2) is 0 Å². The third kappa shape index (κ3) is 5.66. The van der Waals surface area contributed by atoms with E-state index in [1.807, 2.05) is 82.4 Å². The van der Waals surface area contributed by atoms with Crippen molar-refractivity contribution in [2.75, 3.05) is 6.61 Å².